The third kappa shape index (κ3) is 8.53. The van der Waals surface area contributed by atoms with Crippen molar-refractivity contribution in [1.82, 2.24) is 20.4 Å². The van der Waals surface area contributed by atoms with E-state index in [-0.39, 0.29) is 11.7 Å². The molecule has 0 radical (unpaired) electrons. The molecule has 0 spiro atoms. The van der Waals surface area contributed by atoms with Crippen LogP contribution in [0.15, 0.2) is 0 Å². The molecular weight excluding hydrogens is 284 g/mol. The summed E-state index contributed by atoms with van der Waals surface area (Å²) in [4.78, 5) is 15.5. The first-order chi connectivity index (χ1) is 10.4. The van der Waals surface area contributed by atoms with Crippen LogP contribution in [0, 0.1) is 0 Å². The number of piperazine rings is 2. The molecule has 0 saturated carbocycles. The molecule has 2 saturated heterocycles. The van der Waals surface area contributed by atoms with Crippen molar-refractivity contribution in [2.24, 2.45) is 0 Å². The van der Waals surface area contributed by atoms with Crippen molar-refractivity contribution in [3.05, 3.63) is 0 Å². The number of carbonyl (C=O) groups is 1. The van der Waals surface area contributed by atoms with Gasteiger partial charge in [0.15, 0.2) is 0 Å². The monoisotopic (exact) mass is 316 g/mol. The standard InChI is InChI=1S/C9H18N2O2.C6H14N2O/c1-9(2,3)13-8(12)11-6-4-10-5-7-11;9-6-5-8-3-1-7-2-4-8/h10H,4-7H2,1-3H3;7,9H,1-6H2. The van der Waals surface area contributed by atoms with Crippen LogP contribution in [0.2, 0.25) is 0 Å². The molecule has 130 valence electrons. The Hall–Kier alpha value is -0.890. The van der Waals surface area contributed by atoms with E-state index < -0.39 is 0 Å². The molecule has 0 aromatic heterocycles. The van der Waals surface area contributed by atoms with Crippen molar-refractivity contribution in [2.45, 2.75) is 26.4 Å². The van der Waals surface area contributed by atoms with E-state index in [1.54, 1.807) is 4.90 Å². The first kappa shape index (κ1) is 19.2. The predicted molar refractivity (Wildman–Crippen MR) is 87.1 cm³/mol. The van der Waals surface area contributed by atoms with Gasteiger partial charge in [-0.25, -0.2) is 4.79 Å². The number of amides is 1. The Labute approximate surface area is 134 Å². The van der Waals surface area contributed by atoms with Crippen molar-refractivity contribution in [2.75, 3.05) is 65.5 Å². The van der Waals surface area contributed by atoms with Crippen molar-refractivity contribution < 1.29 is 14.6 Å². The lowest BCUT2D eigenvalue weighted by atomic mass is 10.2. The lowest BCUT2D eigenvalue weighted by Gasteiger charge is -2.30. The number of nitrogens with one attached hydrogen (secondary N) is 2. The molecule has 7 nitrogen and oxygen atoms in total. The summed E-state index contributed by atoms with van der Waals surface area (Å²) in [6.07, 6.45) is -0.200. The zero-order valence-electron chi connectivity index (χ0n) is 14.2. The molecule has 0 aromatic rings. The largest absolute Gasteiger partial charge is 0.444 e. The van der Waals surface area contributed by atoms with Crippen LogP contribution < -0.4 is 10.6 Å². The van der Waals surface area contributed by atoms with Gasteiger partial charge in [0.25, 0.3) is 0 Å². The SMILES string of the molecule is CC(C)(C)OC(=O)N1CCNCC1.OCCN1CCNCC1. The second-order valence-electron chi connectivity index (χ2n) is 6.53. The topological polar surface area (TPSA) is 77.1 Å². The normalized spacial score (nSPS) is 20.1. The summed E-state index contributed by atoms with van der Waals surface area (Å²) in [5.41, 5.74) is -0.387. The van der Waals surface area contributed by atoms with Gasteiger partial charge < -0.3 is 25.4 Å². The van der Waals surface area contributed by atoms with E-state index in [0.717, 1.165) is 58.9 Å². The number of aliphatic hydroxyl groups is 1. The Morgan fingerprint density at radius 3 is 2.00 bits per heavy atom. The fourth-order valence-electron chi connectivity index (χ4n) is 2.25. The smallest absolute Gasteiger partial charge is 0.410 e. The Kier molecular flexibility index (Phi) is 8.70. The average Bonchev–Trinajstić information content (AvgIpc) is 2.49. The maximum absolute atomic E-state index is 11.5. The summed E-state index contributed by atoms with van der Waals surface area (Å²) in [5.74, 6) is 0. The van der Waals surface area contributed by atoms with Crippen LogP contribution in [0.25, 0.3) is 0 Å². The third-order valence-electron chi connectivity index (χ3n) is 3.39. The van der Waals surface area contributed by atoms with E-state index >= 15 is 0 Å². The van der Waals surface area contributed by atoms with Crippen molar-refractivity contribution >= 4 is 6.09 Å². The summed E-state index contributed by atoms with van der Waals surface area (Å²) < 4.78 is 5.24. The van der Waals surface area contributed by atoms with Gasteiger partial charge in [-0.1, -0.05) is 0 Å². The molecule has 0 atom stereocenters. The van der Waals surface area contributed by atoms with Crippen LogP contribution in [-0.4, -0.2) is 92.1 Å². The Bertz CT molecular complexity index is 306. The number of carbonyl (C=O) groups excluding carboxylic acids is 1. The summed E-state index contributed by atoms with van der Waals surface area (Å²) in [7, 11) is 0. The van der Waals surface area contributed by atoms with Crippen LogP contribution in [0.5, 0.6) is 0 Å². The van der Waals surface area contributed by atoms with Gasteiger partial charge in [-0.15, -0.1) is 0 Å². The molecule has 2 heterocycles. The van der Waals surface area contributed by atoms with Crippen LogP contribution in [0.1, 0.15) is 20.8 Å². The van der Waals surface area contributed by atoms with E-state index in [0.29, 0.717) is 6.61 Å². The van der Waals surface area contributed by atoms with Crippen molar-refractivity contribution in [1.29, 1.82) is 0 Å². The van der Waals surface area contributed by atoms with Crippen molar-refractivity contribution in [3.8, 4) is 0 Å². The highest BCUT2D eigenvalue weighted by molar-refractivity contribution is 5.68. The summed E-state index contributed by atoms with van der Waals surface area (Å²) >= 11 is 0. The minimum atomic E-state index is -0.387. The van der Waals surface area contributed by atoms with E-state index in [1.165, 1.54) is 0 Å². The summed E-state index contributed by atoms with van der Waals surface area (Å²) in [6.45, 7) is 14.3. The van der Waals surface area contributed by atoms with E-state index in [2.05, 4.69) is 15.5 Å². The lowest BCUT2D eigenvalue weighted by molar-refractivity contribution is 0.0229. The zero-order chi connectivity index (χ0) is 16.4. The highest BCUT2D eigenvalue weighted by Crippen LogP contribution is 2.09. The highest BCUT2D eigenvalue weighted by atomic mass is 16.6. The Morgan fingerprint density at radius 2 is 1.55 bits per heavy atom. The van der Waals surface area contributed by atoms with E-state index in [9.17, 15) is 4.79 Å². The molecule has 22 heavy (non-hydrogen) atoms. The van der Waals surface area contributed by atoms with Gasteiger partial charge in [0, 0.05) is 58.9 Å². The quantitative estimate of drug-likeness (QED) is 0.650. The molecular formula is C15H32N4O3. The van der Waals surface area contributed by atoms with Gasteiger partial charge >= 0.3 is 6.09 Å². The average molecular weight is 316 g/mol. The minimum absolute atomic E-state index is 0.200. The number of hydrogen-bond acceptors (Lipinski definition) is 6. The van der Waals surface area contributed by atoms with Gasteiger partial charge in [0.05, 0.1) is 6.61 Å². The second-order valence-corrected chi connectivity index (χ2v) is 6.53. The first-order valence-corrected chi connectivity index (χ1v) is 8.15. The van der Waals surface area contributed by atoms with Crippen LogP contribution in [0.4, 0.5) is 4.79 Å². The fraction of sp³-hybridized carbons (Fsp3) is 0.933. The first-order valence-electron chi connectivity index (χ1n) is 8.15. The number of β-amino-alcohol motifs (C(OH)–C–C–N with tert-alkyl or cyclic N) is 1. The minimum Gasteiger partial charge on any atom is -0.444 e. The van der Waals surface area contributed by atoms with Gasteiger partial charge in [0.1, 0.15) is 5.60 Å². The molecule has 0 bridgehead atoms. The Balaban J connectivity index is 0.000000235. The fourth-order valence-corrected chi connectivity index (χ4v) is 2.25. The maximum Gasteiger partial charge on any atom is 0.410 e. The number of ether oxygens (including phenoxy) is 1. The summed E-state index contributed by atoms with van der Waals surface area (Å²) in [6, 6.07) is 0. The van der Waals surface area contributed by atoms with Crippen LogP contribution >= 0.6 is 0 Å². The van der Waals surface area contributed by atoms with Gasteiger partial charge in [-0.3, -0.25) is 4.90 Å². The number of nitrogens with zero attached hydrogens (tertiary/aromatic N) is 2. The molecule has 3 N–H and O–H groups in total. The number of rotatable bonds is 2. The molecule has 2 rings (SSSR count). The molecule has 7 heteroatoms. The number of aliphatic hydroxyl groups excluding tert-OH is 1. The van der Waals surface area contributed by atoms with E-state index in [4.69, 9.17) is 9.84 Å². The van der Waals surface area contributed by atoms with Gasteiger partial charge in [-0.05, 0) is 20.8 Å². The second kappa shape index (κ2) is 9.99. The van der Waals surface area contributed by atoms with Crippen LogP contribution in [0.3, 0.4) is 0 Å². The van der Waals surface area contributed by atoms with Crippen LogP contribution in [-0.2, 0) is 4.74 Å². The molecule has 2 fully saturated rings. The third-order valence-corrected chi connectivity index (χ3v) is 3.39. The molecule has 0 aromatic carbocycles. The predicted octanol–water partition coefficient (Wildman–Crippen LogP) is -0.289. The number of hydrogen-bond donors (Lipinski definition) is 3. The van der Waals surface area contributed by atoms with Crippen molar-refractivity contribution in [3.63, 3.8) is 0 Å². The van der Waals surface area contributed by atoms with Gasteiger partial charge in [0.2, 0.25) is 0 Å². The maximum atomic E-state index is 11.5. The Morgan fingerprint density at radius 1 is 1.05 bits per heavy atom. The highest BCUT2D eigenvalue weighted by Gasteiger charge is 2.22. The van der Waals surface area contributed by atoms with E-state index in [1.807, 2.05) is 20.8 Å². The molecule has 0 unspecified atom stereocenters. The molecule has 1 amide bonds. The lowest BCUT2D eigenvalue weighted by Crippen LogP contribution is -2.48. The van der Waals surface area contributed by atoms with Gasteiger partial charge in [-0.2, -0.15) is 0 Å². The molecule has 0 aliphatic carbocycles. The summed E-state index contributed by atoms with van der Waals surface area (Å²) in [5, 5.41) is 15.0. The molecule has 2 aliphatic heterocycles. The molecule has 2 aliphatic rings. The zero-order valence-corrected chi connectivity index (χ0v) is 14.2.